The maximum absolute atomic E-state index is 6.00. The first kappa shape index (κ1) is 17.9. The number of rotatable bonds is 14. The summed E-state index contributed by atoms with van der Waals surface area (Å²) in [6, 6.07) is 0. The molecule has 1 unspecified atom stereocenters. The summed E-state index contributed by atoms with van der Waals surface area (Å²) >= 11 is 0. The van der Waals surface area contributed by atoms with Crippen molar-refractivity contribution in [3.8, 4) is 0 Å². The molecule has 0 aromatic rings. The monoisotopic (exact) mass is 256 g/mol. The standard InChI is InChI=1S/C16H36N2/c1-3-5-7-8-9-10-11-12-13-14-16(17)18-15-6-4-2/h16,18H,3-15,17H2,1-2H3. The minimum absolute atomic E-state index is 0.223. The fourth-order valence-corrected chi connectivity index (χ4v) is 2.24. The third kappa shape index (κ3) is 14.0. The van der Waals surface area contributed by atoms with Crippen molar-refractivity contribution >= 4 is 0 Å². The first-order valence-corrected chi connectivity index (χ1v) is 8.30. The van der Waals surface area contributed by atoms with Crippen LogP contribution in [0.4, 0.5) is 0 Å². The molecule has 2 nitrogen and oxygen atoms in total. The van der Waals surface area contributed by atoms with Crippen LogP contribution in [0.5, 0.6) is 0 Å². The summed E-state index contributed by atoms with van der Waals surface area (Å²) in [6.07, 6.45) is 16.4. The maximum atomic E-state index is 6.00. The van der Waals surface area contributed by atoms with E-state index in [1.54, 1.807) is 0 Å². The van der Waals surface area contributed by atoms with E-state index >= 15 is 0 Å². The van der Waals surface area contributed by atoms with Crippen LogP contribution in [0.25, 0.3) is 0 Å². The van der Waals surface area contributed by atoms with Crippen LogP contribution >= 0.6 is 0 Å². The molecule has 0 spiro atoms. The highest BCUT2D eigenvalue weighted by Crippen LogP contribution is 2.10. The van der Waals surface area contributed by atoms with Gasteiger partial charge in [0.2, 0.25) is 0 Å². The zero-order valence-electron chi connectivity index (χ0n) is 12.8. The van der Waals surface area contributed by atoms with Crippen molar-refractivity contribution < 1.29 is 0 Å². The van der Waals surface area contributed by atoms with E-state index in [1.165, 1.54) is 70.6 Å². The highest BCUT2D eigenvalue weighted by atomic mass is 15.0. The van der Waals surface area contributed by atoms with Crippen molar-refractivity contribution in [2.24, 2.45) is 5.73 Å². The summed E-state index contributed by atoms with van der Waals surface area (Å²) in [5.74, 6) is 0. The van der Waals surface area contributed by atoms with E-state index in [-0.39, 0.29) is 6.17 Å². The molecule has 0 radical (unpaired) electrons. The zero-order chi connectivity index (χ0) is 13.5. The van der Waals surface area contributed by atoms with Gasteiger partial charge in [0, 0.05) is 0 Å². The number of hydrogen-bond acceptors (Lipinski definition) is 2. The summed E-state index contributed by atoms with van der Waals surface area (Å²) < 4.78 is 0. The topological polar surface area (TPSA) is 38.0 Å². The average Bonchev–Trinajstić information content (AvgIpc) is 2.37. The van der Waals surface area contributed by atoms with Gasteiger partial charge in [0.1, 0.15) is 0 Å². The molecular formula is C16H36N2. The van der Waals surface area contributed by atoms with Crippen molar-refractivity contribution in [1.29, 1.82) is 0 Å². The molecule has 0 fully saturated rings. The van der Waals surface area contributed by atoms with Crippen LogP contribution in [0.15, 0.2) is 0 Å². The van der Waals surface area contributed by atoms with Crippen LogP contribution in [-0.2, 0) is 0 Å². The molecule has 0 heterocycles. The quantitative estimate of drug-likeness (QED) is 0.352. The van der Waals surface area contributed by atoms with Gasteiger partial charge < -0.3 is 11.1 Å². The van der Waals surface area contributed by atoms with Crippen LogP contribution in [0.3, 0.4) is 0 Å². The van der Waals surface area contributed by atoms with Gasteiger partial charge in [0.15, 0.2) is 0 Å². The van der Waals surface area contributed by atoms with E-state index in [2.05, 4.69) is 19.2 Å². The van der Waals surface area contributed by atoms with Crippen molar-refractivity contribution in [2.45, 2.75) is 97.1 Å². The lowest BCUT2D eigenvalue weighted by atomic mass is 10.1. The smallest absolute Gasteiger partial charge is 0.0546 e. The summed E-state index contributed by atoms with van der Waals surface area (Å²) in [5.41, 5.74) is 6.00. The summed E-state index contributed by atoms with van der Waals surface area (Å²) in [4.78, 5) is 0. The van der Waals surface area contributed by atoms with Gasteiger partial charge in [0.25, 0.3) is 0 Å². The molecule has 3 N–H and O–H groups in total. The summed E-state index contributed by atoms with van der Waals surface area (Å²) in [7, 11) is 0. The molecule has 18 heavy (non-hydrogen) atoms. The average molecular weight is 256 g/mol. The molecule has 0 saturated heterocycles. The van der Waals surface area contributed by atoms with Crippen LogP contribution in [0.1, 0.15) is 90.9 Å². The second kappa shape index (κ2) is 15.0. The Morgan fingerprint density at radius 3 is 1.78 bits per heavy atom. The second-order valence-electron chi connectivity index (χ2n) is 5.53. The van der Waals surface area contributed by atoms with E-state index in [4.69, 9.17) is 5.73 Å². The van der Waals surface area contributed by atoms with E-state index in [0.29, 0.717) is 0 Å². The molecule has 0 amide bonds. The van der Waals surface area contributed by atoms with E-state index in [0.717, 1.165) is 13.0 Å². The van der Waals surface area contributed by atoms with Gasteiger partial charge in [0.05, 0.1) is 6.17 Å². The lowest BCUT2D eigenvalue weighted by Crippen LogP contribution is -2.37. The van der Waals surface area contributed by atoms with Crippen LogP contribution in [-0.4, -0.2) is 12.7 Å². The van der Waals surface area contributed by atoms with Crippen LogP contribution in [0.2, 0.25) is 0 Å². The lowest BCUT2D eigenvalue weighted by Gasteiger charge is -2.13. The Bertz CT molecular complexity index is 148. The number of nitrogens with one attached hydrogen (secondary N) is 1. The van der Waals surface area contributed by atoms with E-state index < -0.39 is 0 Å². The predicted octanol–water partition coefficient (Wildman–Crippen LogP) is 4.58. The Labute approximate surface area is 115 Å². The second-order valence-corrected chi connectivity index (χ2v) is 5.53. The van der Waals surface area contributed by atoms with Crippen molar-refractivity contribution in [1.82, 2.24) is 5.32 Å². The molecular weight excluding hydrogens is 220 g/mol. The minimum Gasteiger partial charge on any atom is -0.316 e. The predicted molar refractivity (Wildman–Crippen MR) is 82.7 cm³/mol. The summed E-state index contributed by atoms with van der Waals surface area (Å²) in [6.45, 7) is 5.57. The van der Waals surface area contributed by atoms with Gasteiger partial charge in [-0.2, -0.15) is 0 Å². The molecule has 0 aliphatic carbocycles. The lowest BCUT2D eigenvalue weighted by molar-refractivity contribution is 0.457. The molecule has 0 aromatic carbocycles. The van der Waals surface area contributed by atoms with Crippen LogP contribution < -0.4 is 11.1 Å². The zero-order valence-corrected chi connectivity index (χ0v) is 12.8. The van der Waals surface area contributed by atoms with Crippen molar-refractivity contribution in [3.05, 3.63) is 0 Å². The minimum atomic E-state index is 0.223. The van der Waals surface area contributed by atoms with Gasteiger partial charge in [-0.3, -0.25) is 0 Å². The first-order chi connectivity index (χ1) is 8.81. The Morgan fingerprint density at radius 1 is 0.722 bits per heavy atom. The van der Waals surface area contributed by atoms with Crippen molar-refractivity contribution in [3.63, 3.8) is 0 Å². The van der Waals surface area contributed by atoms with Gasteiger partial charge in [-0.25, -0.2) is 0 Å². The molecule has 110 valence electrons. The van der Waals surface area contributed by atoms with Gasteiger partial charge >= 0.3 is 0 Å². The highest BCUT2D eigenvalue weighted by molar-refractivity contribution is 4.59. The van der Waals surface area contributed by atoms with E-state index in [9.17, 15) is 0 Å². The Balaban J connectivity index is 3.05. The van der Waals surface area contributed by atoms with Crippen LogP contribution in [0, 0.1) is 0 Å². The molecule has 0 aliphatic rings. The molecule has 1 atom stereocenters. The van der Waals surface area contributed by atoms with Crippen molar-refractivity contribution in [2.75, 3.05) is 6.54 Å². The Kier molecular flexibility index (Phi) is 14.9. The molecule has 0 aromatic heterocycles. The van der Waals surface area contributed by atoms with Gasteiger partial charge in [-0.05, 0) is 19.4 Å². The fraction of sp³-hybridized carbons (Fsp3) is 1.00. The Morgan fingerprint density at radius 2 is 1.22 bits per heavy atom. The number of unbranched alkanes of at least 4 members (excludes halogenated alkanes) is 9. The van der Waals surface area contributed by atoms with Gasteiger partial charge in [-0.1, -0.05) is 78.1 Å². The SMILES string of the molecule is CCCCCCCCCCCC(N)NCCCC. The fourth-order valence-electron chi connectivity index (χ4n) is 2.24. The van der Waals surface area contributed by atoms with E-state index in [1.807, 2.05) is 0 Å². The third-order valence-electron chi connectivity index (χ3n) is 3.56. The molecule has 2 heteroatoms. The number of nitrogens with two attached hydrogens (primary N) is 1. The normalized spacial score (nSPS) is 12.8. The molecule has 0 bridgehead atoms. The van der Waals surface area contributed by atoms with Gasteiger partial charge in [-0.15, -0.1) is 0 Å². The third-order valence-corrected chi connectivity index (χ3v) is 3.56. The molecule has 0 saturated carbocycles. The summed E-state index contributed by atoms with van der Waals surface area (Å²) in [5, 5.41) is 3.39. The molecule has 0 rings (SSSR count). The number of hydrogen-bond donors (Lipinski definition) is 2. The maximum Gasteiger partial charge on any atom is 0.0546 e. The first-order valence-electron chi connectivity index (χ1n) is 8.30. The Hall–Kier alpha value is -0.0800. The largest absolute Gasteiger partial charge is 0.316 e. The highest BCUT2D eigenvalue weighted by Gasteiger charge is 2.00. The molecule has 0 aliphatic heterocycles.